The predicted molar refractivity (Wildman–Crippen MR) is 134 cm³/mol. The first-order chi connectivity index (χ1) is 16.8. The van der Waals surface area contributed by atoms with Gasteiger partial charge >= 0.3 is 12.2 Å². The van der Waals surface area contributed by atoms with E-state index in [1.807, 2.05) is 0 Å². The summed E-state index contributed by atoms with van der Waals surface area (Å²) in [6.07, 6.45) is -3.30. The van der Waals surface area contributed by atoms with Gasteiger partial charge in [0.1, 0.15) is 12.1 Å². The van der Waals surface area contributed by atoms with Gasteiger partial charge in [-0.1, -0.05) is 17.7 Å². The highest BCUT2D eigenvalue weighted by Crippen LogP contribution is 2.36. The van der Waals surface area contributed by atoms with Crippen LogP contribution in [-0.4, -0.2) is 29.0 Å². The summed E-state index contributed by atoms with van der Waals surface area (Å²) in [6.45, 7) is 5.22. The fourth-order valence-electron chi connectivity index (χ4n) is 3.18. The second kappa shape index (κ2) is 10.4. The van der Waals surface area contributed by atoms with Crippen molar-refractivity contribution in [1.82, 2.24) is 9.97 Å². The molecule has 0 radical (unpaired) electrons. The summed E-state index contributed by atoms with van der Waals surface area (Å²) >= 11 is 5.61. The van der Waals surface area contributed by atoms with E-state index in [2.05, 4.69) is 31.2 Å². The first-order valence-corrected chi connectivity index (χ1v) is 11.1. The number of nitrogens with zero attached hydrogens (tertiary/aromatic N) is 2. The van der Waals surface area contributed by atoms with Crippen LogP contribution in [0.2, 0.25) is 5.02 Å². The normalized spacial score (nSPS) is 11.6. The molecule has 3 aromatic rings. The number of amides is 3. The fraction of sp³-hybridized carbons (Fsp3) is 0.250. The molecule has 1 aromatic heterocycles. The third-order valence-electron chi connectivity index (χ3n) is 5.40. The maximum absolute atomic E-state index is 13.1. The number of carbonyl (C=O) groups is 2. The molecule has 12 heteroatoms. The maximum Gasteiger partial charge on any atom is 0.417 e. The molecule has 0 atom stereocenters. The lowest BCUT2D eigenvalue weighted by Gasteiger charge is -2.24. The molecular formula is C24H24ClF3N6O2. The number of rotatable bonds is 6. The van der Waals surface area contributed by atoms with Gasteiger partial charge in [0.05, 0.1) is 21.7 Å². The summed E-state index contributed by atoms with van der Waals surface area (Å²) in [5, 5.41) is 10.2. The van der Waals surface area contributed by atoms with Crippen molar-refractivity contribution in [3.05, 3.63) is 70.6 Å². The van der Waals surface area contributed by atoms with E-state index in [0.717, 1.165) is 17.7 Å². The number of alkyl halides is 3. The minimum absolute atomic E-state index is 0.0857. The molecule has 2 aromatic carbocycles. The first-order valence-electron chi connectivity index (χ1n) is 10.7. The maximum atomic E-state index is 13.1. The molecule has 0 spiro atoms. The SMILES string of the molecule is CNc1cc(C(C)(C)C(=O)Nc2cc(NC(=O)Nc3ccc(Cl)c(C(F)(F)F)c3)ccc2C)ncn1. The van der Waals surface area contributed by atoms with Crippen molar-refractivity contribution in [3.8, 4) is 0 Å². The number of halogens is 4. The predicted octanol–water partition coefficient (Wildman–Crippen LogP) is 6.06. The Kier molecular flexibility index (Phi) is 7.73. The Labute approximate surface area is 210 Å². The molecule has 1 heterocycles. The summed E-state index contributed by atoms with van der Waals surface area (Å²) in [4.78, 5) is 33.8. The lowest BCUT2D eigenvalue weighted by atomic mass is 9.87. The molecule has 0 fully saturated rings. The molecule has 4 N–H and O–H groups in total. The third kappa shape index (κ3) is 6.22. The van der Waals surface area contributed by atoms with Crippen LogP contribution in [0.1, 0.15) is 30.7 Å². The van der Waals surface area contributed by atoms with E-state index in [9.17, 15) is 22.8 Å². The molecule has 3 rings (SSSR count). The van der Waals surface area contributed by atoms with Gasteiger partial charge < -0.3 is 21.3 Å². The van der Waals surface area contributed by atoms with Crippen LogP contribution in [0, 0.1) is 6.92 Å². The van der Waals surface area contributed by atoms with Crippen LogP contribution in [0.15, 0.2) is 48.8 Å². The topological polar surface area (TPSA) is 108 Å². The molecule has 36 heavy (non-hydrogen) atoms. The summed E-state index contributed by atoms with van der Waals surface area (Å²) in [5.74, 6) is 0.228. The number of aromatic nitrogens is 2. The van der Waals surface area contributed by atoms with Crippen molar-refractivity contribution >= 4 is 46.4 Å². The van der Waals surface area contributed by atoms with Gasteiger partial charge in [0.2, 0.25) is 5.91 Å². The molecule has 0 saturated heterocycles. The van der Waals surface area contributed by atoms with Crippen LogP contribution < -0.4 is 21.3 Å². The van der Waals surface area contributed by atoms with Crippen molar-refractivity contribution < 1.29 is 22.8 Å². The van der Waals surface area contributed by atoms with Crippen LogP contribution in [0.25, 0.3) is 0 Å². The van der Waals surface area contributed by atoms with Crippen LogP contribution >= 0.6 is 11.6 Å². The average molecular weight is 521 g/mol. The van der Waals surface area contributed by atoms with Crippen molar-refractivity contribution in [2.45, 2.75) is 32.4 Å². The lowest BCUT2D eigenvalue weighted by Crippen LogP contribution is -2.36. The Morgan fingerprint density at radius 2 is 1.56 bits per heavy atom. The van der Waals surface area contributed by atoms with Gasteiger partial charge in [0.25, 0.3) is 0 Å². The molecular weight excluding hydrogens is 497 g/mol. The number of anilines is 4. The minimum Gasteiger partial charge on any atom is -0.373 e. The van der Waals surface area contributed by atoms with Crippen molar-refractivity contribution in [2.24, 2.45) is 0 Å². The fourth-order valence-corrected chi connectivity index (χ4v) is 3.40. The van der Waals surface area contributed by atoms with Gasteiger partial charge in [0, 0.05) is 30.2 Å². The summed E-state index contributed by atoms with van der Waals surface area (Å²) in [7, 11) is 1.71. The molecule has 0 saturated carbocycles. The van der Waals surface area contributed by atoms with Crippen LogP contribution in [0.3, 0.4) is 0 Å². The van der Waals surface area contributed by atoms with E-state index >= 15 is 0 Å². The lowest BCUT2D eigenvalue weighted by molar-refractivity contribution is -0.137. The summed E-state index contributed by atoms with van der Waals surface area (Å²) in [6, 6.07) is 8.80. The zero-order chi connectivity index (χ0) is 26.7. The van der Waals surface area contributed by atoms with E-state index in [-0.39, 0.29) is 11.6 Å². The van der Waals surface area contributed by atoms with E-state index in [0.29, 0.717) is 22.9 Å². The monoisotopic (exact) mass is 520 g/mol. The largest absolute Gasteiger partial charge is 0.417 e. The van der Waals surface area contributed by atoms with E-state index in [1.165, 1.54) is 12.4 Å². The summed E-state index contributed by atoms with van der Waals surface area (Å²) < 4.78 is 39.2. The number of benzene rings is 2. The van der Waals surface area contributed by atoms with Gasteiger partial charge in [-0.2, -0.15) is 13.2 Å². The summed E-state index contributed by atoms with van der Waals surface area (Å²) in [5.41, 5.74) is -0.154. The van der Waals surface area contributed by atoms with E-state index in [4.69, 9.17) is 11.6 Å². The van der Waals surface area contributed by atoms with Crippen molar-refractivity contribution in [2.75, 3.05) is 28.3 Å². The second-order valence-electron chi connectivity index (χ2n) is 8.42. The van der Waals surface area contributed by atoms with Gasteiger partial charge in [-0.05, 0) is 56.7 Å². The number of carbonyl (C=O) groups excluding carboxylic acids is 2. The smallest absolute Gasteiger partial charge is 0.373 e. The highest BCUT2D eigenvalue weighted by molar-refractivity contribution is 6.31. The molecule has 3 amide bonds. The van der Waals surface area contributed by atoms with Crippen LogP contribution in [0.5, 0.6) is 0 Å². The van der Waals surface area contributed by atoms with E-state index in [1.54, 1.807) is 52.1 Å². The Morgan fingerprint density at radius 1 is 0.917 bits per heavy atom. The molecule has 0 bridgehead atoms. The van der Waals surface area contributed by atoms with Gasteiger partial charge in [-0.25, -0.2) is 14.8 Å². The Balaban J connectivity index is 1.74. The highest BCUT2D eigenvalue weighted by atomic mass is 35.5. The number of nitrogens with one attached hydrogen (secondary N) is 4. The molecule has 190 valence electrons. The zero-order valence-electron chi connectivity index (χ0n) is 19.8. The number of hydrogen-bond acceptors (Lipinski definition) is 5. The quantitative estimate of drug-likeness (QED) is 0.316. The van der Waals surface area contributed by atoms with Crippen molar-refractivity contribution in [3.63, 3.8) is 0 Å². The highest BCUT2D eigenvalue weighted by Gasteiger charge is 2.34. The Morgan fingerprint density at radius 3 is 2.19 bits per heavy atom. The van der Waals surface area contributed by atoms with Crippen LogP contribution in [-0.2, 0) is 16.4 Å². The Hall–Kier alpha value is -3.86. The Bertz CT molecular complexity index is 1300. The molecule has 0 aliphatic carbocycles. The standard InChI is InChI=1S/C24H24ClF3N6O2/c1-13-5-6-15(33-22(36)32-14-7-8-17(25)16(9-14)24(26,27)28)10-18(13)34-21(35)23(2,3)19-11-20(29-4)31-12-30-19/h5-12H,1-4H3,(H,34,35)(H,29,30,31)(H2,32,33,36). The van der Waals surface area contributed by atoms with Crippen molar-refractivity contribution in [1.29, 1.82) is 0 Å². The third-order valence-corrected chi connectivity index (χ3v) is 5.73. The molecule has 0 aliphatic rings. The van der Waals surface area contributed by atoms with Crippen LogP contribution in [0.4, 0.5) is 40.8 Å². The van der Waals surface area contributed by atoms with Gasteiger partial charge in [-0.15, -0.1) is 0 Å². The first kappa shape index (κ1) is 26.7. The second-order valence-corrected chi connectivity index (χ2v) is 8.83. The molecule has 0 unspecified atom stereocenters. The number of hydrogen-bond donors (Lipinski definition) is 4. The van der Waals surface area contributed by atoms with E-state index < -0.39 is 28.2 Å². The number of aryl methyl sites for hydroxylation is 1. The minimum atomic E-state index is -4.66. The molecule has 0 aliphatic heterocycles. The molecule has 8 nitrogen and oxygen atoms in total. The van der Waals surface area contributed by atoms with Gasteiger partial charge in [0.15, 0.2) is 0 Å². The number of urea groups is 1. The zero-order valence-corrected chi connectivity index (χ0v) is 20.6. The average Bonchev–Trinajstić information content (AvgIpc) is 2.81. The van der Waals surface area contributed by atoms with Gasteiger partial charge in [-0.3, -0.25) is 4.79 Å².